The van der Waals surface area contributed by atoms with E-state index in [4.69, 9.17) is 4.74 Å². The van der Waals surface area contributed by atoms with Gasteiger partial charge in [0.05, 0.1) is 12.2 Å². The lowest BCUT2D eigenvalue weighted by Gasteiger charge is -2.16. The number of aromatic nitrogens is 3. The number of carbonyl (C=O) groups excluding carboxylic acids is 1. The van der Waals surface area contributed by atoms with Gasteiger partial charge in [0.2, 0.25) is 0 Å². The zero-order valence-corrected chi connectivity index (χ0v) is 17.4. The number of hydrogen-bond acceptors (Lipinski definition) is 6. The summed E-state index contributed by atoms with van der Waals surface area (Å²) in [5, 5.41) is 10.4. The first-order valence-corrected chi connectivity index (χ1v) is 10.0. The Morgan fingerprint density at radius 3 is 2.71 bits per heavy atom. The summed E-state index contributed by atoms with van der Waals surface area (Å²) in [7, 11) is 3.65. The number of nitrogens with zero attached hydrogens (tertiary/aromatic N) is 4. The SMILES string of the molecule is CCOC(C)c1nc(CN(C)C(=O)c2ccc(Nc3ccn(C)n3)cc2)cs1. The van der Waals surface area contributed by atoms with Crippen LogP contribution in [0.3, 0.4) is 0 Å². The largest absolute Gasteiger partial charge is 0.372 e. The molecule has 0 bridgehead atoms. The summed E-state index contributed by atoms with van der Waals surface area (Å²) >= 11 is 1.56. The van der Waals surface area contributed by atoms with E-state index in [1.54, 1.807) is 28.0 Å². The maximum Gasteiger partial charge on any atom is 0.253 e. The van der Waals surface area contributed by atoms with E-state index in [2.05, 4.69) is 15.4 Å². The molecule has 1 N–H and O–H groups in total. The first kappa shape index (κ1) is 20.0. The van der Waals surface area contributed by atoms with Crippen LogP contribution in [0.15, 0.2) is 41.9 Å². The van der Waals surface area contributed by atoms with Crippen LogP contribution >= 0.6 is 11.3 Å². The van der Waals surface area contributed by atoms with Crippen molar-refractivity contribution in [1.29, 1.82) is 0 Å². The van der Waals surface area contributed by atoms with Crippen molar-refractivity contribution in [1.82, 2.24) is 19.7 Å². The molecule has 1 unspecified atom stereocenters. The van der Waals surface area contributed by atoms with Gasteiger partial charge in [-0.05, 0) is 38.1 Å². The third kappa shape index (κ3) is 4.96. The second-order valence-corrected chi connectivity index (χ2v) is 7.40. The summed E-state index contributed by atoms with van der Waals surface area (Å²) in [5.74, 6) is 0.719. The normalized spacial score (nSPS) is 12.0. The van der Waals surface area contributed by atoms with E-state index >= 15 is 0 Å². The molecule has 0 spiro atoms. The Kier molecular flexibility index (Phi) is 6.43. The molecule has 3 rings (SSSR count). The van der Waals surface area contributed by atoms with Gasteiger partial charge in [0, 0.05) is 49.6 Å². The number of rotatable bonds is 8. The van der Waals surface area contributed by atoms with Crippen molar-refractivity contribution >= 4 is 28.7 Å². The molecule has 1 atom stereocenters. The fourth-order valence-electron chi connectivity index (χ4n) is 2.76. The van der Waals surface area contributed by atoms with E-state index in [0.29, 0.717) is 18.7 Å². The molecule has 8 heteroatoms. The first-order valence-electron chi connectivity index (χ1n) is 9.14. The zero-order chi connectivity index (χ0) is 20.1. The van der Waals surface area contributed by atoms with E-state index in [0.717, 1.165) is 22.2 Å². The highest BCUT2D eigenvalue weighted by Gasteiger charge is 2.15. The topological polar surface area (TPSA) is 72.3 Å². The molecule has 7 nitrogen and oxygen atoms in total. The third-order valence-corrected chi connectivity index (χ3v) is 5.25. The van der Waals surface area contributed by atoms with E-state index in [1.165, 1.54) is 0 Å². The summed E-state index contributed by atoms with van der Waals surface area (Å²) in [4.78, 5) is 19.0. The Hall–Kier alpha value is -2.71. The van der Waals surface area contributed by atoms with Crippen molar-refractivity contribution in [3.8, 4) is 0 Å². The average molecular weight is 400 g/mol. The highest BCUT2D eigenvalue weighted by molar-refractivity contribution is 7.09. The van der Waals surface area contributed by atoms with Crippen LogP contribution in [0.5, 0.6) is 0 Å². The van der Waals surface area contributed by atoms with Gasteiger partial charge in [-0.1, -0.05) is 0 Å². The number of amides is 1. The van der Waals surface area contributed by atoms with E-state index in [9.17, 15) is 4.79 Å². The molecule has 0 saturated heterocycles. The van der Waals surface area contributed by atoms with Crippen molar-refractivity contribution in [3.05, 3.63) is 58.2 Å². The van der Waals surface area contributed by atoms with E-state index in [-0.39, 0.29) is 12.0 Å². The minimum absolute atomic E-state index is 0.0242. The molecule has 0 aliphatic heterocycles. The number of nitrogens with one attached hydrogen (secondary N) is 1. The van der Waals surface area contributed by atoms with E-state index in [1.807, 2.05) is 62.8 Å². The van der Waals surface area contributed by atoms with Gasteiger partial charge in [-0.25, -0.2) is 4.98 Å². The van der Waals surface area contributed by atoms with Crippen molar-refractivity contribution in [3.63, 3.8) is 0 Å². The molecule has 0 saturated carbocycles. The predicted molar refractivity (Wildman–Crippen MR) is 111 cm³/mol. The molecule has 2 heterocycles. The smallest absolute Gasteiger partial charge is 0.253 e. The van der Waals surface area contributed by atoms with Crippen LogP contribution in [0.4, 0.5) is 11.5 Å². The lowest BCUT2D eigenvalue weighted by Crippen LogP contribution is -2.26. The molecule has 1 aromatic carbocycles. The Morgan fingerprint density at radius 2 is 2.07 bits per heavy atom. The molecule has 0 fully saturated rings. The van der Waals surface area contributed by atoms with Gasteiger partial charge in [0.15, 0.2) is 5.82 Å². The molecule has 0 aliphatic rings. The lowest BCUT2D eigenvalue weighted by molar-refractivity contribution is 0.0756. The highest BCUT2D eigenvalue weighted by atomic mass is 32.1. The van der Waals surface area contributed by atoms with Gasteiger partial charge in [-0.15, -0.1) is 11.3 Å². The minimum Gasteiger partial charge on any atom is -0.372 e. The number of aryl methyl sites for hydroxylation is 1. The summed E-state index contributed by atoms with van der Waals surface area (Å²) in [6, 6.07) is 9.27. The monoisotopic (exact) mass is 399 g/mol. The number of ether oxygens (including phenoxy) is 1. The van der Waals surface area contributed by atoms with Crippen LogP contribution in [-0.2, 0) is 18.3 Å². The lowest BCUT2D eigenvalue weighted by atomic mass is 10.2. The van der Waals surface area contributed by atoms with Gasteiger partial charge in [0.1, 0.15) is 11.1 Å². The molecule has 0 radical (unpaired) electrons. The quantitative estimate of drug-likeness (QED) is 0.620. The number of thiazole rings is 1. The van der Waals surface area contributed by atoms with Gasteiger partial charge >= 0.3 is 0 Å². The standard InChI is InChI=1S/C20H25N5O2S/c1-5-27-14(2)19-22-17(13-28-19)12-24(3)20(26)15-6-8-16(9-7-15)21-18-10-11-25(4)23-18/h6-11,13-14H,5,12H2,1-4H3,(H,21,23). The van der Waals surface area contributed by atoms with Crippen LogP contribution in [-0.4, -0.2) is 39.2 Å². The summed E-state index contributed by atoms with van der Waals surface area (Å²) in [6.45, 7) is 5.07. The first-order chi connectivity index (χ1) is 13.5. The third-order valence-electron chi connectivity index (χ3n) is 4.20. The molecular formula is C20H25N5O2S. The van der Waals surface area contributed by atoms with Crippen LogP contribution < -0.4 is 5.32 Å². The van der Waals surface area contributed by atoms with Crippen molar-refractivity contribution < 1.29 is 9.53 Å². The van der Waals surface area contributed by atoms with Crippen LogP contribution in [0.2, 0.25) is 0 Å². The number of benzene rings is 1. The fraction of sp³-hybridized carbons (Fsp3) is 0.350. The molecule has 2 aromatic heterocycles. The molecule has 28 heavy (non-hydrogen) atoms. The number of carbonyl (C=O) groups is 1. The number of anilines is 2. The molecule has 0 aliphatic carbocycles. The van der Waals surface area contributed by atoms with Crippen molar-refractivity contribution in [2.45, 2.75) is 26.5 Å². The number of hydrogen-bond donors (Lipinski definition) is 1. The van der Waals surface area contributed by atoms with Crippen LogP contribution in [0, 0.1) is 0 Å². The van der Waals surface area contributed by atoms with Crippen LogP contribution in [0.25, 0.3) is 0 Å². The molecule has 3 aromatic rings. The van der Waals surface area contributed by atoms with Crippen molar-refractivity contribution in [2.24, 2.45) is 7.05 Å². The second-order valence-electron chi connectivity index (χ2n) is 6.51. The fourth-order valence-corrected chi connectivity index (χ4v) is 3.58. The Morgan fingerprint density at radius 1 is 1.32 bits per heavy atom. The van der Waals surface area contributed by atoms with Gasteiger partial charge in [-0.3, -0.25) is 9.48 Å². The Bertz CT molecular complexity index is 919. The molecular weight excluding hydrogens is 374 g/mol. The Balaban J connectivity index is 1.60. The summed E-state index contributed by atoms with van der Waals surface area (Å²) in [6.07, 6.45) is 1.85. The summed E-state index contributed by atoms with van der Waals surface area (Å²) in [5.41, 5.74) is 2.38. The second kappa shape index (κ2) is 8.99. The van der Waals surface area contributed by atoms with E-state index < -0.39 is 0 Å². The maximum absolute atomic E-state index is 12.7. The van der Waals surface area contributed by atoms with Crippen LogP contribution in [0.1, 0.15) is 41.0 Å². The maximum atomic E-state index is 12.7. The minimum atomic E-state index is -0.0446. The molecule has 148 valence electrons. The summed E-state index contributed by atoms with van der Waals surface area (Å²) < 4.78 is 7.30. The van der Waals surface area contributed by atoms with Crippen molar-refractivity contribution in [2.75, 3.05) is 19.0 Å². The highest BCUT2D eigenvalue weighted by Crippen LogP contribution is 2.22. The predicted octanol–water partition coefficient (Wildman–Crippen LogP) is 3.99. The average Bonchev–Trinajstić information content (AvgIpc) is 3.31. The molecule has 1 amide bonds. The van der Waals surface area contributed by atoms with Gasteiger partial charge in [-0.2, -0.15) is 5.10 Å². The Labute approximate surface area is 169 Å². The van der Waals surface area contributed by atoms with Gasteiger partial charge < -0.3 is 15.0 Å². The van der Waals surface area contributed by atoms with Gasteiger partial charge in [0.25, 0.3) is 5.91 Å². The zero-order valence-electron chi connectivity index (χ0n) is 16.5.